The molecule has 0 aliphatic carbocycles. The van der Waals surface area contributed by atoms with E-state index in [0.29, 0.717) is 5.57 Å². The Morgan fingerprint density at radius 1 is 1.11 bits per heavy atom. The summed E-state index contributed by atoms with van der Waals surface area (Å²) in [6.07, 6.45) is 2.83. The number of rotatable bonds is 2. The zero-order valence-electron chi connectivity index (χ0n) is 13.0. The third-order valence-corrected chi connectivity index (χ3v) is 1.47. The van der Waals surface area contributed by atoms with E-state index in [1.165, 1.54) is 6.08 Å². The van der Waals surface area contributed by atoms with Crippen molar-refractivity contribution >= 4 is 11.9 Å². The molecule has 0 fully saturated rings. The molecule has 0 radical (unpaired) electrons. The summed E-state index contributed by atoms with van der Waals surface area (Å²) < 4.78 is 4.96. The molecule has 4 heteroatoms. The minimum atomic E-state index is -0.884. The summed E-state index contributed by atoms with van der Waals surface area (Å²) in [4.78, 5) is 20.8. The second kappa shape index (κ2) is 7.77. The maximum atomic E-state index is 10.8. The third kappa shape index (κ3) is 19.0. The van der Waals surface area contributed by atoms with Crippen molar-refractivity contribution in [3.05, 3.63) is 24.3 Å². The second-order valence-electron chi connectivity index (χ2n) is 6.32. The molecule has 0 bridgehead atoms. The number of carboxylic acid groups (broad SMARTS) is 1. The first-order chi connectivity index (χ1) is 8.24. The lowest BCUT2D eigenvalue weighted by atomic mass is 9.96. The molecule has 0 aliphatic rings. The number of hydrogen-bond acceptors (Lipinski definition) is 3. The molecule has 19 heavy (non-hydrogen) atoms. The largest absolute Gasteiger partial charge is 0.478 e. The van der Waals surface area contributed by atoms with Crippen molar-refractivity contribution in [2.45, 2.75) is 54.1 Å². The Bertz CT molecular complexity index is 351. The predicted octanol–water partition coefficient (Wildman–Crippen LogP) is 3.58. The summed E-state index contributed by atoms with van der Waals surface area (Å²) in [5, 5.41) is 8.19. The third-order valence-electron chi connectivity index (χ3n) is 1.47. The van der Waals surface area contributed by atoms with Gasteiger partial charge in [-0.15, -0.1) is 0 Å². The van der Waals surface area contributed by atoms with E-state index in [0.717, 1.165) is 0 Å². The van der Waals surface area contributed by atoms with Crippen molar-refractivity contribution in [3.63, 3.8) is 0 Å². The van der Waals surface area contributed by atoms with Crippen molar-refractivity contribution in [2.24, 2.45) is 5.41 Å². The number of carboxylic acids is 1. The van der Waals surface area contributed by atoms with Gasteiger partial charge in [0, 0.05) is 11.6 Å². The van der Waals surface area contributed by atoms with Gasteiger partial charge in [-0.05, 0) is 33.1 Å². The Balaban J connectivity index is 0. The summed E-state index contributed by atoms with van der Waals surface area (Å²) in [7, 11) is 0. The first-order valence-corrected chi connectivity index (χ1v) is 6.05. The molecule has 0 rings (SSSR count). The van der Waals surface area contributed by atoms with E-state index in [9.17, 15) is 9.59 Å². The Hall–Kier alpha value is -1.58. The van der Waals surface area contributed by atoms with Crippen LogP contribution in [-0.2, 0) is 14.3 Å². The fourth-order valence-corrected chi connectivity index (χ4v) is 0.686. The van der Waals surface area contributed by atoms with Gasteiger partial charge in [-0.2, -0.15) is 0 Å². The van der Waals surface area contributed by atoms with E-state index < -0.39 is 11.6 Å². The van der Waals surface area contributed by atoms with Gasteiger partial charge in [0.15, 0.2) is 0 Å². The van der Waals surface area contributed by atoms with Crippen LogP contribution >= 0.6 is 0 Å². The van der Waals surface area contributed by atoms with Gasteiger partial charge in [-0.1, -0.05) is 33.4 Å². The molecule has 0 aromatic heterocycles. The summed E-state index contributed by atoms with van der Waals surface area (Å²) in [6, 6.07) is 0. The molecule has 4 nitrogen and oxygen atoms in total. The number of carbonyl (C=O) groups is 2. The minimum absolute atomic E-state index is 0.0294. The lowest BCUT2D eigenvalue weighted by Crippen LogP contribution is -2.23. The number of esters is 1. The molecular weight excluding hydrogens is 244 g/mol. The number of hydrogen-bond donors (Lipinski definition) is 1. The van der Waals surface area contributed by atoms with E-state index >= 15 is 0 Å². The van der Waals surface area contributed by atoms with Gasteiger partial charge < -0.3 is 9.84 Å². The van der Waals surface area contributed by atoms with Crippen molar-refractivity contribution in [2.75, 3.05) is 0 Å². The smallest absolute Gasteiger partial charge is 0.333 e. The molecule has 0 atom stereocenters. The molecule has 0 unspecified atom stereocenters. The molecule has 0 spiro atoms. The average Bonchev–Trinajstić information content (AvgIpc) is 2.11. The highest BCUT2D eigenvalue weighted by atomic mass is 16.6. The molecule has 0 saturated heterocycles. The topological polar surface area (TPSA) is 63.6 Å². The number of carbonyl (C=O) groups excluding carboxylic acids is 1. The molecule has 1 N–H and O–H groups in total. The zero-order chi connectivity index (χ0) is 15.9. The lowest BCUT2D eigenvalue weighted by molar-refractivity contribution is -0.149. The van der Waals surface area contributed by atoms with Crippen LogP contribution in [0.15, 0.2) is 24.3 Å². The number of ether oxygens (including phenoxy) is 1. The van der Waals surface area contributed by atoms with Crippen LogP contribution in [-0.4, -0.2) is 22.6 Å². The van der Waals surface area contributed by atoms with Gasteiger partial charge in [0.05, 0.1) is 0 Å². The monoisotopic (exact) mass is 270 g/mol. The second-order valence-corrected chi connectivity index (χ2v) is 6.32. The van der Waals surface area contributed by atoms with Gasteiger partial charge >= 0.3 is 11.9 Å². The molecule has 0 aromatic rings. The van der Waals surface area contributed by atoms with E-state index in [-0.39, 0.29) is 11.4 Å². The van der Waals surface area contributed by atoms with E-state index in [1.54, 1.807) is 13.0 Å². The SMILES string of the molecule is C=C(C)C(=O)OC(C)(C)C.CC(C)(C)C=CC(=O)O. The summed E-state index contributed by atoms with van der Waals surface area (Å²) in [6.45, 7) is 16.4. The zero-order valence-corrected chi connectivity index (χ0v) is 13.0. The van der Waals surface area contributed by atoms with Crippen molar-refractivity contribution < 1.29 is 19.4 Å². The maximum absolute atomic E-state index is 10.8. The Kier molecular flexibility index (Phi) is 8.08. The standard InChI is InChI=1S/C8H14O2.C7H12O2/c1-6(2)7(9)10-8(3,4)5;1-7(2,3)5-4-6(8)9/h1H2,2-5H3;4-5H,1-3H3,(H,8,9). The molecule has 0 aliphatic heterocycles. The highest BCUT2D eigenvalue weighted by molar-refractivity contribution is 5.87. The van der Waals surface area contributed by atoms with Crippen LogP contribution < -0.4 is 0 Å². The van der Waals surface area contributed by atoms with Crippen LogP contribution in [0.3, 0.4) is 0 Å². The van der Waals surface area contributed by atoms with Crippen LogP contribution in [0.5, 0.6) is 0 Å². The van der Waals surface area contributed by atoms with Crippen LogP contribution in [0.4, 0.5) is 0 Å². The van der Waals surface area contributed by atoms with Crippen LogP contribution in [0.2, 0.25) is 0 Å². The number of aliphatic carboxylic acids is 1. The first kappa shape index (κ1) is 19.8. The summed E-state index contributed by atoms with van der Waals surface area (Å²) >= 11 is 0. The number of allylic oxidation sites excluding steroid dienone is 1. The molecule has 110 valence electrons. The Morgan fingerprint density at radius 2 is 1.53 bits per heavy atom. The summed E-state index contributed by atoms with van der Waals surface area (Å²) in [5.41, 5.74) is 0.00366. The molecular formula is C15H26O4. The Labute approximate surface area is 116 Å². The van der Waals surface area contributed by atoms with Gasteiger partial charge in [0.25, 0.3) is 0 Å². The van der Waals surface area contributed by atoms with E-state index in [4.69, 9.17) is 9.84 Å². The van der Waals surface area contributed by atoms with Gasteiger partial charge in [0.1, 0.15) is 5.60 Å². The van der Waals surface area contributed by atoms with Gasteiger partial charge in [-0.3, -0.25) is 0 Å². The predicted molar refractivity (Wildman–Crippen MR) is 76.9 cm³/mol. The van der Waals surface area contributed by atoms with Crippen molar-refractivity contribution in [3.8, 4) is 0 Å². The van der Waals surface area contributed by atoms with Crippen LogP contribution in [0.1, 0.15) is 48.5 Å². The maximum Gasteiger partial charge on any atom is 0.333 e. The molecule has 0 amide bonds. The molecule has 0 aromatic carbocycles. The van der Waals surface area contributed by atoms with Gasteiger partial charge in [0.2, 0.25) is 0 Å². The lowest BCUT2D eigenvalue weighted by Gasteiger charge is -2.19. The van der Waals surface area contributed by atoms with Crippen molar-refractivity contribution in [1.29, 1.82) is 0 Å². The first-order valence-electron chi connectivity index (χ1n) is 6.05. The highest BCUT2D eigenvalue weighted by Crippen LogP contribution is 2.13. The Morgan fingerprint density at radius 3 is 1.63 bits per heavy atom. The quantitative estimate of drug-likeness (QED) is 0.615. The highest BCUT2D eigenvalue weighted by Gasteiger charge is 2.15. The average molecular weight is 270 g/mol. The fourth-order valence-electron chi connectivity index (χ4n) is 0.686. The fraction of sp³-hybridized carbons (Fsp3) is 0.600. The van der Waals surface area contributed by atoms with E-state index in [2.05, 4.69) is 6.58 Å². The normalized spacial score (nSPS) is 11.5. The van der Waals surface area contributed by atoms with Crippen molar-refractivity contribution in [1.82, 2.24) is 0 Å². The van der Waals surface area contributed by atoms with Gasteiger partial charge in [-0.25, -0.2) is 9.59 Å². The van der Waals surface area contributed by atoms with Crippen LogP contribution in [0.25, 0.3) is 0 Å². The molecule has 0 saturated carbocycles. The van der Waals surface area contributed by atoms with E-state index in [1.807, 2.05) is 41.5 Å². The van der Waals surface area contributed by atoms with Crippen LogP contribution in [0, 0.1) is 5.41 Å². The minimum Gasteiger partial charge on any atom is -0.478 e. The molecule has 0 heterocycles. The summed E-state index contributed by atoms with van der Waals surface area (Å²) in [5.74, 6) is -1.21.